The SMILES string of the molecule is CC[C@@H](Oc1cccc(C)c1C)C(=O)Nc1ccccc1Cl. The highest BCUT2D eigenvalue weighted by Gasteiger charge is 2.20. The van der Waals surface area contributed by atoms with Gasteiger partial charge in [0.2, 0.25) is 0 Å². The van der Waals surface area contributed by atoms with Crippen molar-refractivity contribution in [1.29, 1.82) is 0 Å². The lowest BCUT2D eigenvalue weighted by molar-refractivity contribution is -0.122. The summed E-state index contributed by atoms with van der Waals surface area (Å²) in [6.45, 7) is 5.93. The number of para-hydroxylation sites is 1. The molecule has 4 heteroatoms. The van der Waals surface area contributed by atoms with E-state index in [1.54, 1.807) is 12.1 Å². The van der Waals surface area contributed by atoms with Gasteiger partial charge in [-0.15, -0.1) is 0 Å². The molecule has 0 aliphatic rings. The highest BCUT2D eigenvalue weighted by atomic mass is 35.5. The van der Waals surface area contributed by atoms with E-state index in [-0.39, 0.29) is 5.91 Å². The molecule has 2 aromatic carbocycles. The van der Waals surface area contributed by atoms with Gasteiger partial charge in [-0.2, -0.15) is 0 Å². The topological polar surface area (TPSA) is 38.3 Å². The molecule has 2 rings (SSSR count). The van der Waals surface area contributed by atoms with Crippen LogP contribution in [0.2, 0.25) is 5.02 Å². The minimum absolute atomic E-state index is 0.198. The second kappa shape index (κ2) is 7.32. The maximum absolute atomic E-state index is 12.4. The van der Waals surface area contributed by atoms with E-state index >= 15 is 0 Å². The van der Waals surface area contributed by atoms with Crippen LogP contribution in [0.25, 0.3) is 0 Å². The third-order valence-corrected chi connectivity index (χ3v) is 3.95. The lowest BCUT2D eigenvalue weighted by Gasteiger charge is -2.19. The van der Waals surface area contributed by atoms with Crippen molar-refractivity contribution < 1.29 is 9.53 Å². The Morgan fingerprint density at radius 3 is 2.59 bits per heavy atom. The summed E-state index contributed by atoms with van der Waals surface area (Å²) < 4.78 is 5.89. The van der Waals surface area contributed by atoms with Crippen molar-refractivity contribution in [3.05, 3.63) is 58.6 Å². The monoisotopic (exact) mass is 317 g/mol. The molecule has 1 N–H and O–H groups in total. The van der Waals surface area contributed by atoms with E-state index < -0.39 is 6.10 Å². The first kappa shape index (κ1) is 16.4. The molecule has 0 aromatic heterocycles. The number of amides is 1. The fourth-order valence-electron chi connectivity index (χ4n) is 2.10. The lowest BCUT2D eigenvalue weighted by Crippen LogP contribution is -2.32. The Labute approximate surface area is 136 Å². The summed E-state index contributed by atoms with van der Waals surface area (Å²) in [7, 11) is 0. The molecule has 1 amide bonds. The Bertz CT molecular complexity index is 670. The van der Waals surface area contributed by atoms with Gasteiger partial charge in [-0.1, -0.05) is 42.8 Å². The third-order valence-electron chi connectivity index (χ3n) is 3.62. The van der Waals surface area contributed by atoms with Gasteiger partial charge in [0, 0.05) is 0 Å². The van der Waals surface area contributed by atoms with E-state index in [1.807, 2.05) is 51.1 Å². The van der Waals surface area contributed by atoms with Crippen LogP contribution in [0.5, 0.6) is 5.75 Å². The van der Waals surface area contributed by atoms with Gasteiger partial charge in [-0.3, -0.25) is 4.79 Å². The van der Waals surface area contributed by atoms with Crippen LogP contribution in [-0.2, 0) is 4.79 Å². The third kappa shape index (κ3) is 3.80. The average molecular weight is 318 g/mol. The molecule has 0 spiro atoms. The number of anilines is 1. The first-order valence-corrected chi connectivity index (χ1v) is 7.69. The van der Waals surface area contributed by atoms with Crippen molar-refractivity contribution in [2.45, 2.75) is 33.3 Å². The van der Waals surface area contributed by atoms with Crippen LogP contribution in [0, 0.1) is 13.8 Å². The van der Waals surface area contributed by atoms with E-state index in [4.69, 9.17) is 16.3 Å². The molecule has 2 aromatic rings. The van der Waals surface area contributed by atoms with E-state index in [0.29, 0.717) is 17.1 Å². The minimum atomic E-state index is -0.559. The van der Waals surface area contributed by atoms with Crippen LogP contribution < -0.4 is 10.1 Å². The molecule has 3 nitrogen and oxygen atoms in total. The molecule has 0 radical (unpaired) electrons. The summed E-state index contributed by atoms with van der Waals surface area (Å²) in [5.41, 5.74) is 2.78. The van der Waals surface area contributed by atoms with Crippen molar-refractivity contribution in [3.8, 4) is 5.75 Å². The number of carbonyl (C=O) groups excluding carboxylic acids is 1. The molecule has 116 valence electrons. The molecule has 0 saturated heterocycles. The molecule has 0 saturated carbocycles. The van der Waals surface area contributed by atoms with E-state index in [2.05, 4.69) is 5.32 Å². The molecule has 0 aliphatic heterocycles. The summed E-state index contributed by atoms with van der Waals surface area (Å²) in [5.74, 6) is 0.540. The number of rotatable bonds is 5. The van der Waals surface area contributed by atoms with Gasteiger partial charge < -0.3 is 10.1 Å². The molecule has 1 atom stereocenters. The summed E-state index contributed by atoms with van der Waals surface area (Å²) in [4.78, 5) is 12.4. The van der Waals surface area contributed by atoms with Gasteiger partial charge in [0.05, 0.1) is 10.7 Å². The summed E-state index contributed by atoms with van der Waals surface area (Å²) >= 11 is 6.07. The normalized spacial score (nSPS) is 11.8. The second-order valence-electron chi connectivity index (χ2n) is 5.18. The quantitative estimate of drug-likeness (QED) is 0.864. The number of halogens is 1. The van der Waals surface area contributed by atoms with Gasteiger partial charge in [-0.05, 0) is 49.6 Å². The van der Waals surface area contributed by atoms with Crippen molar-refractivity contribution in [1.82, 2.24) is 0 Å². The summed E-state index contributed by atoms with van der Waals surface area (Å²) in [5, 5.41) is 3.33. The number of carbonyl (C=O) groups is 1. The van der Waals surface area contributed by atoms with Crippen molar-refractivity contribution >= 4 is 23.2 Å². The van der Waals surface area contributed by atoms with Gasteiger partial charge >= 0.3 is 0 Å². The molecule has 0 heterocycles. The average Bonchev–Trinajstić information content (AvgIpc) is 2.51. The van der Waals surface area contributed by atoms with Crippen molar-refractivity contribution in [2.75, 3.05) is 5.32 Å². The highest BCUT2D eigenvalue weighted by molar-refractivity contribution is 6.33. The Morgan fingerprint density at radius 1 is 1.18 bits per heavy atom. The standard InChI is InChI=1S/C18H20ClNO2/c1-4-16(22-17-11-7-8-12(2)13(17)3)18(21)20-15-10-6-5-9-14(15)19/h5-11,16H,4H2,1-3H3,(H,20,21)/t16-/m1/s1. The fraction of sp³-hybridized carbons (Fsp3) is 0.278. The lowest BCUT2D eigenvalue weighted by atomic mass is 10.1. The maximum Gasteiger partial charge on any atom is 0.265 e. The van der Waals surface area contributed by atoms with Crippen LogP contribution in [0.3, 0.4) is 0 Å². The van der Waals surface area contributed by atoms with Crippen molar-refractivity contribution in [3.63, 3.8) is 0 Å². The molecular formula is C18H20ClNO2. The first-order valence-electron chi connectivity index (χ1n) is 7.31. The molecule has 22 heavy (non-hydrogen) atoms. The van der Waals surface area contributed by atoms with E-state index in [1.165, 1.54) is 0 Å². The van der Waals surface area contributed by atoms with Gasteiger partial charge in [0.1, 0.15) is 5.75 Å². The highest BCUT2D eigenvalue weighted by Crippen LogP contribution is 2.24. The Balaban J connectivity index is 2.13. The van der Waals surface area contributed by atoms with Gasteiger partial charge in [0.15, 0.2) is 6.10 Å². The molecule has 0 fully saturated rings. The number of hydrogen-bond acceptors (Lipinski definition) is 2. The predicted octanol–water partition coefficient (Wildman–Crippen LogP) is 4.75. The van der Waals surface area contributed by atoms with Crippen LogP contribution in [0.15, 0.2) is 42.5 Å². The van der Waals surface area contributed by atoms with Crippen LogP contribution >= 0.6 is 11.6 Å². The van der Waals surface area contributed by atoms with E-state index in [0.717, 1.165) is 16.9 Å². The van der Waals surface area contributed by atoms with Crippen LogP contribution in [0.4, 0.5) is 5.69 Å². The summed E-state index contributed by atoms with van der Waals surface area (Å²) in [6.07, 6.45) is 0.0145. The van der Waals surface area contributed by atoms with E-state index in [9.17, 15) is 4.79 Å². The Morgan fingerprint density at radius 2 is 1.91 bits per heavy atom. The smallest absolute Gasteiger partial charge is 0.265 e. The van der Waals surface area contributed by atoms with Gasteiger partial charge in [-0.25, -0.2) is 0 Å². The molecule has 0 bridgehead atoms. The maximum atomic E-state index is 12.4. The molecule has 0 unspecified atom stereocenters. The molecular weight excluding hydrogens is 298 g/mol. The second-order valence-corrected chi connectivity index (χ2v) is 5.59. The zero-order valence-corrected chi connectivity index (χ0v) is 13.8. The van der Waals surface area contributed by atoms with Gasteiger partial charge in [0.25, 0.3) is 5.91 Å². The summed E-state index contributed by atoms with van der Waals surface area (Å²) in [6, 6.07) is 13.0. The van der Waals surface area contributed by atoms with Crippen molar-refractivity contribution in [2.24, 2.45) is 0 Å². The number of hydrogen-bond donors (Lipinski definition) is 1. The number of benzene rings is 2. The first-order chi connectivity index (χ1) is 10.5. The zero-order valence-electron chi connectivity index (χ0n) is 13.0. The fourth-order valence-corrected chi connectivity index (χ4v) is 2.29. The zero-order chi connectivity index (χ0) is 16.1. The Kier molecular flexibility index (Phi) is 5.45. The predicted molar refractivity (Wildman–Crippen MR) is 90.7 cm³/mol. The largest absolute Gasteiger partial charge is 0.480 e. The minimum Gasteiger partial charge on any atom is -0.480 e. The number of aryl methyl sites for hydroxylation is 1. The number of ether oxygens (including phenoxy) is 1. The Hall–Kier alpha value is -2.00. The van der Waals surface area contributed by atoms with Crippen LogP contribution in [0.1, 0.15) is 24.5 Å². The van der Waals surface area contributed by atoms with Crippen LogP contribution in [-0.4, -0.2) is 12.0 Å². The number of nitrogens with one attached hydrogen (secondary N) is 1. The molecule has 0 aliphatic carbocycles.